The number of carbonyl (C=O) groups excluding carboxylic acids is 1. The van der Waals surface area contributed by atoms with Gasteiger partial charge in [-0.25, -0.2) is 12.8 Å². The molecule has 0 saturated carbocycles. The van der Waals surface area contributed by atoms with Crippen LogP contribution in [0.5, 0.6) is 0 Å². The molecule has 0 atom stereocenters. The number of nitrogens with zero attached hydrogens (tertiary/aromatic N) is 2. The summed E-state index contributed by atoms with van der Waals surface area (Å²) in [6.45, 7) is 0.725. The van der Waals surface area contributed by atoms with Gasteiger partial charge in [-0.05, 0) is 31.2 Å². The summed E-state index contributed by atoms with van der Waals surface area (Å²) in [5.41, 5.74) is -0.232. The van der Waals surface area contributed by atoms with Crippen LogP contribution in [0.4, 0.5) is 15.8 Å². The van der Waals surface area contributed by atoms with E-state index in [1.54, 1.807) is 0 Å². The molecule has 0 radical (unpaired) electrons. The van der Waals surface area contributed by atoms with E-state index in [2.05, 4.69) is 4.74 Å². The van der Waals surface area contributed by atoms with E-state index in [0.29, 0.717) is 4.31 Å². The molecular formula is C16H14ClFN2O6S. The minimum Gasteiger partial charge on any atom is -0.468 e. The van der Waals surface area contributed by atoms with Crippen molar-refractivity contribution in [1.29, 1.82) is 0 Å². The lowest BCUT2D eigenvalue weighted by molar-refractivity contribution is -0.385. The Morgan fingerprint density at radius 1 is 1.30 bits per heavy atom. The molecule has 2 aromatic carbocycles. The molecule has 0 fully saturated rings. The van der Waals surface area contributed by atoms with Crippen LogP contribution in [0.3, 0.4) is 0 Å². The highest BCUT2D eigenvalue weighted by molar-refractivity contribution is 7.92. The molecule has 144 valence electrons. The van der Waals surface area contributed by atoms with Crippen molar-refractivity contribution in [2.75, 3.05) is 18.0 Å². The molecule has 11 heteroatoms. The molecule has 2 rings (SSSR count). The maximum absolute atomic E-state index is 13.4. The quantitative estimate of drug-likeness (QED) is 0.407. The molecular weight excluding hydrogens is 403 g/mol. The number of methoxy groups -OCH3 is 1. The molecule has 0 N–H and O–H groups in total. The number of hydrogen-bond donors (Lipinski definition) is 0. The second-order valence-corrected chi connectivity index (χ2v) is 7.66. The maximum Gasteiger partial charge on any atom is 0.326 e. The van der Waals surface area contributed by atoms with E-state index in [0.717, 1.165) is 31.4 Å². The Morgan fingerprint density at radius 2 is 1.96 bits per heavy atom. The van der Waals surface area contributed by atoms with Gasteiger partial charge >= 0.3 is 5.97 Å². The van der Waals surface area contributed by atoms with Gasteiger partial charge in [0.05, 0.1) is 27.6 Å². The predicted molar refractivity (Wildman–Crippen MR) is 95.8 cm³/mol. The number of sulfonamides is 1. The van der Waals surface area contributed by atoms with Gasteiger partial charge in [-0.1, -0.05) is 17.7 Å². The first kappa shape index (κ1) is 20.6. The van der Waals surface area contributed by atoms with E-state index in [-0.39, 0.29) is 16.3 Å². The topological polar surface area (TPSA) is 107 Å². The molecule has 0 heterocycles. The number of nitro benzene ring substituents is 1. The standard InChI is InChI=1S/C16H14ClFN2O6S/c1-10-3-5-12(8-15(10)20(22)23)27(24,25)19(9-16(21)26-2)11-4-6-14(18)13(17)7-11/h3-8H,9H2,1-2H3. The van der Waals surface area contributed by atoms with Crippen LogP contribution in [0, 0.1) is 22.9 Å². The molecule has 0 spiro atoms. The average molecular weight is 417 g/mol. The Labute approximate surface area is 159 Å². The number of benzene rings is 2. The first-order chi connectivity index (χ1) is 12.6. The Bertz CT molecular complexity index is 1010. The number of ether oxygens (including phenoxy) is 1. The minimum atomic E-state index is -4.41. The lowest BCUT2D eigenvalue weighted by Gasteiger charge is -2.23. The van der Waals surface area contributed by atoms with Crippen LogP contribution in [0.15, 0.2) is 41.3 Å². The Kier molecular flexibility index (Phi) is 6.01. The lowest BCUT2D eigenvalue weighted by Crippen LogP contribution is -2.36. The number of anilines is 1. The number of aryl methyl sites for hydroxylation is 1. The van der Waals surface area contributed by atoms with Crippen LogP contribution in [0.2, 0.25) is 5.02 Å². The summed E-state index contributed by atoms with van der Waals surface area (Å²) in [6, 6.07) is 6.42. The van der Waals surface area contributed by atoms with Gasteiger partial charge in [-0.15, -0.1) is 0 Å². The lowest BCUT2D eigenvalue weighted by atomic mass is 10.2. The molecule has 0 aliphatic rings. The molecule has 2 aromatic rings. The molecule has 0 aromatic heterocycles. The van der Waals surface area contributed by atoms with Gasteiger partial charge < -0.3 is 4.74 Å². The fourth-order valence-corrected chi connectivity index (χ4v) is 3.81. The number of nitro groups is 1. The summed E-state index contributed by atoms with van der Waals surface area (Å²) < 4.78 is 44.6. The van der Waals surface area contributed by atoms with Gasteiger partial charge in [0.2, 0.25) is 0 Å². The third-order valence-electron chi connectivity index (χ3n) is 3.66. The molecule has 0 bridgehead atoms. The average Bonchev–Trinajstić information content (AvgIpc) is 2.61. The fourth-order valence-electron chi connectivity index (χ4n) is 2.21. The Morgan fingerprint density at radius 3 is 2.52 bits per heavy atom. The van der Waals surface area contributed by atoms with E-state index in [1.165, 1.54) is 19.1 Å². The summed E-state index contributed by atoms with van der Waals surface area (Å²) in [7, 11) is -3.34. The zero-order chi connectivity index (χ0) is 20.4. The van der Waals surface area contributed by atoms with Crippen molar-refractivity contribution in [2.45, 2.75) is 11.8 Å². The molecule has 0 saturated heterocycles. The van der Waals surface area contributed by atoms with Crippen LogP contribution in [-0.2, 0) is 19.6 Å². The zero-order valence-electron chi connectivity index (χ0n) is 14.2. The number of rotatable bonds is 6. The van der Waals surface area contributed by atoms with Crippen molar-refractivity contribution in [3.63, 3.8) is 0 Å². The van der Waals surface area contributed by atoms with Crippen LogP contribution < -0.4 is 4.31 Å². The van der Waals surface area contributed by atoms with Gasteiger partial charge in [-0.3, -0.25) is 19.2 Å². The number of carbonyl (C=O) groups is 1. The number of halogens is 2. The van der Waals surface area contributed by atoms with Crippen molar-refractivity contribution < 1.29 is 27.3 Å². The van der Waals surface area contributed by atoms with Gasteiger partial charge in [0, 0.05) is 11.6 Å². The smallest absolute Gasteiger partial charge is 0.326 e. The Balaban J connectivity index is 2.63. The van der Waals surface area contributed by atoms with Crippen molar-refractivity contribution in [3.05, 3.63) is 62.9 Å². The first-order valence-corrected chi connectivity index (χ1v) is 9.19. The zero-order valence-corrected chi connectivity index (χ0v) is 15.8. The molecule has 8 nitrogen and oxygen atoms in total. The highest BCUT2D eigenvalue weighted by Gasteiger charge is 2.30. The number of hydrogen-bond acceptors (Lipinski definition) is 6. The molecule has 27 heavy (non-hydrogen) atoms. The van der Waals surface area contributed by atoms with Gasteiger partial charge in [0.25, 0.3) is 15.7 Å². The summed E-state index contributed by atoms with van der Waals surface area (Å²) in [5, 5.41) is 10.8. The van der Waals surface area contributed by atoms with E-state index >= 15 is 0 Å². The van der Waals surface area contributed by atoms with E-state index in [9.17, 15) is 27.7 Å². The van der Waals surface area contributed by atoms with Crippen LogP contribution >= 0.6 is 11.6 Å². The van der Waals surface area contributed by atoms with Crippen LogP contribution in [0.25, 0.3) is 0 Å². The molecule has 0 aliphatic carbocycles. The summed E-state index contributed by atoms with van der Waals surface area (Å²) in [5.74, 6) is -1.66. The van der Waals surface area contributed by atoms with Crippen molar-refractivity contribution in [1.82, 2.24) is 0 Å². The normalized spacial score (nSPS) is 11.1. The Hall–Kier alpha value is -2.72. The van der Waals surface area contributed by atoms with Gasteiger partial charge in [0.1, 0.15) is 12.4 Å². The molecule has 0 amide bonds. The van der Waals surface area contributed by atoms with Crippen LogP contribution in [0.1, 0.15) is 5.56 Å². The highest BCUT2D eigenvalue weighted by atomic mass is 35.5. The van der Waals surface area contributed by atoms with E-state index in [4.69, 9.17) is 11.6 Å². The minimum absolute atomic E-state index is 0.102. The monoisotopic (exact) mass is 416 g/mol. The number of esters is 1. The van der Waals surface area contributed by atoms with Crippen molar-refractivity contribution in [3.8, 4) is 0 Å². The van der Waals surface area contributed by atoms with Gasteiger partial charge in [-0.2, -0.15) is 0 Å². The third-order valence-corrected chi connectivity index (χ3v) is 5.72. The largest absolute Gasteiger partial charge is 0.468 e. The molecule has 0 unspecified atom stereocenters. The van der Waals surface area contributed by atoms with Crippen LogP contribution in [-0.4, -0.2) is 33.0 Å². The summed E-state index contributed by atoms with van der Waals surface area (Å²) >= 11 is 5.71. The SMILES string of the molecule is COC(=O)CN(c1ccc(F)c(Cl)c1)S(=O)(=O)c1ccc(C)c([N+](=O)[O-])c1. The fraction of sp³-hybridized carbons (Fsp3) is 0.188. The van der Waals surface area contributed by atoms with Gasteiger partial charge in [0.15, 0.2) is 0 Å². The second kappa shape index (κ2) is 7.89. The summed E-state index contributed by atoms with van der Waals surface area (Å²) in [6.07, 6.45) is 0. The second-order valence-electron chi connectivity index (χ2n) is 5.39. The maximum atomic E-state index is 13.4. The molecule has 0 aliphatic heterocycles. The van der Waals surface area contributed by atoms with Crippen molar-refractivity contribution in [2.24, 2.45) is 0 Å². The summed E-state index contributed by atoms with van der Waals surface area (Å²) in [4.78, 5) is 21.7. The van der Waals surface area contributed by atoms with E-state index < -0.39 is 43.9 Å². The highest BCUT2D eigenvalue weighted by Crippen LogP contribution is 2.30. The third kappa shape index (κ3) is 4.34. The van der Waals surface area contributed by atoms with Crippen molar-refractivity contribution >= 4 is 39.0 Å². The van der Waals surface area contributed by atoms with E-state index in [1.807, 2.05) is 0 Å². The first-order valence-electron chi connectivity index (χ1n) is 7.37. The predicted octanol–water partition coefficient (Wildman–Crippen LogP) is 3.06.